The molecule has 7 nitrogen and oxygen atoms in total. The number of rotatable bonds is 20. The molecule has 0 aliphatic rings. The van der Waals surface area contributed by atoms with Crippen molar-refractivity contribution in [2.75, 3.05) is 6.61 Å². The van der Waals surface area contributed by atoms with Crippen molar-refractivity contribution in [1.29, 1.82) is 0 Å². The van der Waals surface area contributed by atoms with Crippen LogP contribution in [0.25, 0.3) is 0 Å². The fraction of sp³-hybridized carbons (Fsp3) is 0.875. The Morgan fingerprint density at radius 1 is 0.645 bits per heavy atom. The van der Waals surface area contributed by atoms with Crippen LogP contribution in [-0.4, -0.2) is 40.5 Å². The Morgan fingerprint density at radius 2 is 1.03 bits per heavy atom. The first-order chi connectivity index (χ1) is 14.9. The number of carbonyl (C=O) groups is 3. The topological polar surface area (TPSA) is 110 Å². The standard InChI is InChI=1S/C24H44O7/c1-3-5-7-9-10-11-12-13-15-17-19-22(27)31-24(29,20-25)23(28)30-21(26)18-16-14-8-6-4-2/h25,29H,3-20H2,1-2H3. The number of hydrogen-bond donors (Lipinski definition) is 2. The van der Waals surface area contributed by atoms with Gasteiger partial charge in [-0.25, -0.2) is 4.79 Å². The van der Waals surface area contributed by atoms with Gasteiger partial charge in [0.2, 0.25) is 0 Å². The predicted molar refractivity (Wildman–Crippen MR) is 119 cm³/mol. The summed E-state index contributed by atoms with van der Waals surface area (Å²) in [7, 11) is 0. The number of carbonyl (C=O) groups excluding carboxylic acids is 3. The van der Waals surface area contributed by atoms with E-state index in [0.29, 0.717) is 12.8 Å². The molecule has 0 rings (SSSR count). The van der Waals surface area contributed by atoms with Gasteiger partial charge in [-0.05, 0) is 12.8 Å². The van der Waals surface area contributed by atoms with Crippen LogP contribution in [0.3, 0.4) is 0 Å². The van der Waals surface area contributed by atoms with Crippen LogP contribution in [0.15, 0.2) is 0 Å². The number of aliphatic hydroxyl groups is 2. The zero-order valence-corrected chi connectivity index (χ0v) is 19.7. The van der Waals surface area contributed by atoms with Gasteiger partial charge in [0, 0.05) is 12.8 Å². The van der Waals surface area contributed by atoms with Gasteiger partial charge in [0.15, 0.2) is 0 Å². The Kier molecular flexibility index (Phi) is 18.3. The smallest absolute Gasteiger partial charge is 0.389 e. The van der Waals surface area contributed by atoms with Gasteiger partial charge in [0.25, 0.3) is 0 Å². The molecule has 0 bridgehead atoms. The first-order valence-corrected chi connectivity index (χ1v) is 12.2. The third kappa shape index (κ3) is 15.9. The maximum Gasteiger partial charge on any atom is 0.389 e. The second-order valence-electron chi connectivity index (χ2n) is 8.27. The number of esters is 3. The van der Waals surface area contributed by atoms with Gasteiger partial charge in [-0.1, -0.05) is 97.3 Å². The molecular weight excluding hydrogens is 400 g/mol. The average molecular weight is 445 g/mol. The van der Waals surface area contributed by atoms with Crippen molar-refractivity contribution in [3.05, 3.63) is 0 Å². The first-order valence-electron chi connectivity index (χ1n) is 12.2. The van der Waals surface area contributed by atoms with Crippen LogP contribution in [0.4, 0.5) is 0 Å². The third-order valence-electron chi connectivity index (χ3n) is 5.24. The number of unbranched alkanes of at least 4 members (excludes halogenated alkanes) is 13. The normalized spacial score (nSPS) is 12.9. The van der Waals surface area contributed by atoms with Crippen molar-refractivity contribution >= 4 is 17.9 Å². The van der Waals surface area contributed by atoms with E-state index in [9.17, 15) is 24.6 Å². The Morgan fingerprint density at radius 3 is 1.45 bits per heavy atom. The van der Waals surface area contributed by atoms with E-state index >= 15 is 0 Å². The summed E-state index contributed by atoms with van der Waals surface area (Å²) in [5.41, 5.74) is 0. The van der Waals surface area contributed by atoms with E-state index in [1.54, 1.807) is 0 Å². The molecule has 0 aromatic rings. The lowest BCUT2D eigenvalue weighted by atomic mass is 10.1. The summed E-state index contributed by atoms with van der Waals surface area (Å²) in [4.78, 5) is 35.6. The van der Waals surface area contributed by atoms with Gasteiger partial charge in [-0.2, -0.15) is 0 Å². The first kappa shape index (κ1) is 29.5. The molecule has 0 spiro atoms. The molecule has 0 radical (unpaired) electrons. The highest BCUT2D eigenvalue weighted by Crippen LogP contribution is 2.15. The van der Waals surface area contributed by atoms with Crippen LogP contribution in [0, 0.1) is 0 Å². The van der Waals surface area contributed by atoms with E-state index in [0.717, 1.165) is 44.9 Å². The Bertz CT molecular complexity index is 492. The third-order valence-corrected chi connectivity index (χ3v) is 5.24. The molecule has 0 saturated carbocycles. The number of hydrogen-bond acceptors (Lipinski definition) is 7. The average Bonchev–Trinajstić information content (AvgIpc) is 2.74. The molecule has 0 aromatic carbocycles. The SMILES string of the molecule is CCCCCCCCCCCCC(=O)OC(O)(CO)C(=O)OC(=O)CCCCCCC. The van der Waals surface area contributed by atoms with Gasteiger partial charge in [-0.3, -0.25) is 9.59 Å². The van der Waals surface area contributed by atoms with Gasteiger partial charge >= 0.3 is 23.7 Å². The zero-order chi connectivity index (χ0) is 23.4. The lowest BCUT2D eigenvalue weighted by molar-refractivity contribution is -0.236. The maximum absolute atomic E-state index is 12.0. The summed E-state index contributed by atoms with van der Waals surface area (Å²) >= 11 is 0. The molecule has 0 aliphatic carbocycles. The van der Waals surface area contributed by atoms with Crippen molar-refractivity contribution in [3.8, 4) is 0 Å². The minimum atomic E-state index is -2.84. The van der Waals surface area contributed by atoms with Crippen LogP contribution >= 0.6 is 0 Å². The predicted octanol–water partition coefficient (Wildman–Crippen LogP) is 4.95. The lowest BCUT2D eigenvalue weighted by Gasteiger charge is -2.22. The molecule has 182 valence electrons. The zero-order valence-electron chi connectivity index (χ0n) is 19.7. The summed E-state index contributed by atoms with van der Waals surface area (Å²) in [5.74, 6) is -5.91. The van der Waals surface area contributed by atoms with Crippen LogP contribution in [0.2, 0.25) is 0 Å². The molecular formula is C24H44O7. The number of aliphatic hydroxyl groups excluding tert-OH is 1. The Balaban J connectivity index is 4.02. The molecule has 2 N–H and O–H groups in total. The fourth-order valence-electron chi connectivity index (χ4n) is 3.24. The second-order valence-corrected chi connectivity index (χ2v) is 8.27. The van der Waals surface area contributed by atoms with E-state index in [4.69, 9.17) is 4.74 Å². The van der Waals surface area contributed by atoms with Crippen molar-refractivity contribution in [1.82, 2.24) is 0 Å². The van der Waals surface area contributed by atoms with Crippen molar-refractivity contribution in [2.24, 2.45) is 0 Å². The second kappa shape index (κ2) is 19.2. The highest BCUT2D eigenvalue weighted by Gasteiger charge is 2.43. The van der Waals surface area contributed by atoms with E-state index in [1.807, 2.05) is 0 Å². The Labute approximate surface area is 187 Å². The lowest BCUT2D eigenvalue weighted by Crippen LogP contribution is -2.48. The molecule has 7 heteroatoms. The van der Waals surface area contributed by atoms with E-state index in [2.05, 4.69) is 18.6 Å². The molecule has 1 unspecified atom stereocenters. The van der Waals surface area contributed by atoms with Crippen LogP contribution < -0.4 is 0 Å². The van der Waals surface area contributed by atoms with Crippen LogP contribution in [0.1, 0.15) is 123 Å². The summed E-state index contributed by atoms with van der Waals surface area (Å²) in [6.07, 6.45) is 15.7. The van der Waals surface area contributed by atoms with E-state index < -0.39 is 30.3 Å². The highest BCUT2D eigenvalue weighted by molar-refractivity contribution is 5.90. The van der Waals surface area contributed by atoms with Gasteiger partial charge in [0.1, 0.15) is 6.61 Å². The van der Waals surface area contributed by atoms with Crippen molar-refractivity contribution < 1.29 is 34.1 Å². The molecule has 1 atom stereocenters. The summed E-state index contributed by atoms with van der Waals surface area (Å²) < 4.78 is 9.28. The van der Waals surface area contributed by atoms with E-state index in [1.165, 1.54) is 38.5 Å². The quantitative estimate of drug-likeness (QED) is 0.118. The molecule has 0 aliphatic heterocycles. The Hall–Kier alpha value is -1.47. The largest absolute Gasteiger partial charge is 0.419 e. The molecule has 31 heavy (non-hydrogen) atoms. The minimum Gasteiger partial charge on any atom is -0.419 e. The van der Waals surface area contributed by atoms with Crippen molar-refractivity contribution in [2.45, 2.75) is 129 Å². The van der Waals surface area contributed by atoms with Gasteiger partial charge in [0.05, 0.1) is 0 Å². The molecule has 0 heterocycles. The summed E-state index contributed by atoms with van der Waals surface area (Å²) in [6, 6.07) is 0. The van der Waals surface area contributed by atoms with Gasteiger partial charge in [-0.15, -0.1) is 0 Å². The molecule has 0 aromatic heterocycles. The highest BCUT2D eigenvalue weighted by atomic mass is 16.7. The summed E-state index contributed by atoms with van der Waals surface area (Å²) in [6.45, 7) is 3.12. The fourth-order valence-corrected chi connectivity index (χ4v) is 3.24. The monoisotopic (exact) mass is 444 g/mol. The van der Waals surface area contributed by atoms with Crippen LogP contribution in [-0.2, 0) is 23.9 Å². The van der Waals surface area contributed by atoms with Gasteiger partial charge < -0.3 is 19.7 Å². The van der Waals surface area contributed by atoms with Crippen LogP contribution in [0.5, 0.6) is 0 Å². The summed E-state index contributed by atoms with van der Waals surface area (Å²) in [5, 5.41) is 19.4. The maximum atomic E-state index is 12.0. The van der Waals surface area contributed by atoms with Crippen molar-refractivity contribution in [3.63, 3.8) is 0 Å². The molecule has 0 amide bonds. The molecule has 0 saturated heterocycles. The number of ether oxygens (including phenoxy) is 2. The minimum absolute atomic E-state index is 0.0253. The molecule has 0 fully saturated rings. The van der Waals surface area contributed by atoms with E-state index in [-0.39, 0.29) is 12.8 Å².